The maximum Gasteiger partial charge on any atom is 0.235 e. The van der Waals surface area contributed by atoms with Crippen LogP contribution in [0, 0.1) is 0 Å². The first-order valence-corrected chi connectivity index (χ1v) is 9.62. The number of nitrogens with zero attached hydrogens (tertiary/aromatic N) is 1. The first-order valence-electron chi connectivity index (χ1n) is 9.62. The van der Waals surface area contributed by atoms with Crippen molar-refractivity contribution in [1.29, 1.82) is 0 Å². The summed E-state index contributed by atoms with van der Waals surface area (Å²) in [5, 5.41) is 2.88. The number of rotatable bonds is 8. The minimum atomic E-state index is -0.513. The molecule has 1 aliphatic heterocycles. The second-order valence-corrected chi connectivity index (χ2v) is 7.09. The van der Waals surface area contributed by atoms with E-state index in [0.29, 0.717) is 30.2 Å². The molecule has 2 amide bonds. The Hall–Kier alpha value is -3.26. The van der Waals surface area contributed by atoms with Crippen molar-refractivity contribution in [3.05, 3.63) is 53.1 Å². The monoisotopic (exact) mass is 413 g/mol. The van der Waals surface area contributed by atoms with Gasteiger partial charge in [-0.2, -0.15) is 0 Å². The Morgan fingerprint density at radius 1 is 1.03 bits per heavy atom. The number of amides is 2. The number of carbonyl (C=O) groups excluding carboxylic acids is 2. The Balaban J connectivity index is 1.69. The fraction of sp³-hybridized carbons (Fsp3) is 0.364. The van der Waals surface area contributed by atoms with E-state index in [9.17, 15) is 9.59 Å². The van der Waals surface area contributed by atoms with Gasteiger partial charge in [0.25, 0.3) is 0 Å². The number of fused-ring (bicyclic) bond motifs is 1. The summed E-state index contributed by atoms with van der Waals surface area (Å²) < 4.78 is 16.0. The summed E-state index contributed by atoms with van der Waals surface area (Å²) in [6.45, 7) is 0.808. The minimum absolute atomic E-state index is 0.0670. The molecule has 30 heavy (non-hydrogen) atoms. The van der Waals surface area contributed by atoms with E-state index >= 15 is 0 Å². The van der Waals surface area contributed by atoms with E-state index in [1.165, 1.54) is 0 Å². The van der Waals surface area contributed by atoms with Gasteiger partial charge in [0.2, 0.25) is 11.8 Å². The van der Waals surface area contributed by atoms with Crippen LogP contribution in [0.1, 0.15) is 16.7 Å². The Bertz CT molecular complexity index is 931. The number of primary amides is 1. The zero-order chi connectivity index (χ0) is 21.7. The zero-order valence-electron chi connectivity index (χ0n) is 17.4. The van der Waals surface area contributed by atoms with Crippen molar-refractivity contribution < 1.29 is 23.8 Å². The summed E-state index contributed by atoms with van der Waals surface area (Å²) in [4.78, 5) is 26.4. The van der Waals surface area contributed by atoms with Crippen LogP contribution in [0.25, 0.3) is 0 Å². The van der Waals surface area contributed by atoms with Crippen LogP contribution in [0.4, 0.5) is 0 Å². The molecule has 0 unspecified atom stereocenters. The van der Waals surface area contributed by atoms with Crippen LogP contribution in [0.5, 0.6) is 17.2 Å². The minimum Gasteiger partial charge on any atom is -0.496 e. The van der Waals surface area contributed by atoms with E-state index in [1.807, 2.05) is 29.2 Å². The Morgan fingerprint density at radius 2 is 1.67 bits per heavy atom. The van der Waals surface area contributed by atoms with E-state index in [1.54, 1.807) is 33.5 Å². The van der Waals surface area contributed by atoms with Crippen LogP contribution in [0.2, 0.25) is 0 Å². The maximum atomic E-state index is 12.6. The molecule has 8 heteroatoms. The molecule has 0 saturated heterocycles. The molecule has 1 atom stereocenters. The van der Waals surface area contributed by atoms with Crippen LogP contribution in [-0.4, -0.2) is 50.6 Å². The van der Waals surface area contributed by atoms with E-state index in [2.05, 4.69) is 5.32 Å². The highest BCUT2D eigenvalue weighted by atomic mass is 16.5. The van der Waals surface area contributed by atoms with Gasteiger partial charge in [-0.3, -0.25) is 14.5 Å². The first kappa shape index (κ1) is 21.4. The predicted molar refractivity (Wildman–Crippen MR) is 111 cm³/mol. The van der Waals surface area contributed by atoms with Gasteiger partial charge in [0.1, 0.15) is 5.75 Å². The summed E-state index contributed by atoms with van der Waals surface area (Å²) >= 11 is 0. The van der Waals surface area contributed by atoms with Crippen LogP contribution >= 0.6 is 0 Å². The largest absolute Gasteiger partial charge is 0.496 e. The Kier molecular flexibility index (Phi) is 6.79. The lowest BCUT2D eigenvalue weighted by Crippen LogP contribution is -2.51. The summed E-state index contributed by atoms with van der Waals surface area (Å²) in [6, 6.07) is 10.9. The summed E-state index contributed by atoms with van der Waals surface area (Å²) in [6.07, 6.45) is 0.502. The third kappa shape index (κ3) is 4.65. The van der Waals surface area contributed by atoms with Crippen LogP contribution in [0.3, 0.4) is 0 Å². The highest BCUT2D eigenvalue weighted by Gasteiger charge is 2.31. The van der Waals surface area contributed by atoms with Crippen LogP contribution in [0.15, 0.2) is 36.4 Å². The van der Waals surface area contributed by atoms with E-state index in [0.717, 1.165) is 16.7 Å². The van der Waals surface area contributed by atoms with Gasteiger partial charge in [-0.1, -0.05) is 24.3 Å². The molecular formula is C22H27N3O5. The van der Waals surface area contributed by atoms with Gasteiger partial charge in [0.05, 0.1) is 33.9 Å². The van der Waals surface area contributed by atoms with Gasteiger partial charge in [0.15, 0.2) is 11.5 Å². The Labute approximate surface area is 175 Å². The third-order valence-electron chi connectivity index (χ3n) is 5.28. The average molecular weight is 413 g/mol. The topological polar surface area (TPSA) is 103 Å². The lowest BCUT2D eigenvalue weighted by Gasteiger charge is -2.34. The fourth-order valence-corrected chi connectivity index (χ4v) is 3.69. The molecule has 2 aromatic carbocycles. The normalized spacial score (nSPS) is 15.8. The molecule has 2 aromatic rings. The molecular weight excluding hydrogens is 386 g/mol. The van der Waals surface area contributed by atoms with E-state index in [-0.39, 0.29) is 19.0 Å². The van der Waals surface area contributed by atoms with Gasteiger partial charge in [-0.05, 0) is 23.6 Å². The van der Waals surface area contributed by atoms with Gasteiger partial charge in [-0.25, -0.2) is 0 Å². The molecule has 1 heterocycles. The molecule has 0 aromatic heterocycles. The highest BCUT2D eigenvalue weighted by molar-refractivity contribution is 5.83. The smallest absolute Gasteiger partial charge is 0.235 e. The summed E-state index contributed by atoms with van der Waals surface area (Å²) in [5.74, 6) is 1.02. The second-order valence-electron chi connectivity index (χ2n) is 7.09. The lowest BCUT2D eigenvalue weighted by atomic mass is 9.93. The van der Waals surface area contributed by atoms with Gasteiger partial charge < -0.3 is 25.3 Å². The van der Waals surface area contributed by atoms with Crippen molar-refractivity contribution >= 4 is 11.8 Å². The quantitative estimate of drug-likeness (QED) is 0.675. The van der Waals surface area contributed by atoms with Crippen LogP contribution in [-0.2, 0) is 29.1 Å². The number of nitrogens with two attached hydrogens (primary N) is 1. The Morgan fingerprint density at radius 3 is 2.30 bits per heavy atom. The van der Waals surface area contributed by atoms with E-state index in [4.69, 9.17) is 19.9 Å². The number of hydrogen-bond acceptors (Lipinski definition) is 6. The average Bonchev–Trinajstić information content (AvgIpc) is 2.76. The molecule has 0 aliphatic carbocycles. The lowest BCUT2D eigenvalue weighted by molar-refractivity contribution is -0.127. The second kappa shape index (κ2) is 9.49. The molecule has 0 fully saturated rings. The van der Waals surface area contributed by atoms with Crippen molar-refractivity contribution in [2.24, 2.45) is 5.73 Å². The standard InChI is InChI=1S/C22H27N3O5/c1-28-18-10-20(30-3)19(29-2)9-16(18)11-24-21(26)13-25-12-15-7-5-4-6-14(15)8-17(25)22(23)27/h4-7,9-10,17H,8,11-13H2,1-3H3,(H2,23,27)(H,24,26)/t17-/m0/s1. The van der Waals surface area contributed by atoms with Crippen molar-refractivity contribution in [3.8, 4) is 17.2 Å². The van der Waals surface area contributed by atoms with Gasteiger partial charge >= 0.3 is 0 Å². The molecule has 0 spiro atoms. The number of methoxy groups -OCH3 is 3. The molecule has 160 valence electrons. The first-order chi connectivity index (χ1) is 14.5. The van der Waals surface area contributed by atoms with Crippen molar-refractivity contribution in [2.75, 3.05) is 27.9 Å². The number of ether oxygens (including phenoxy) is 3. The third-order valence-corrected chi connectivity index (χ3v) is 5.28. The zero-order valence-corrected chi connectivity index (χ0v) is 17.4. The van der Waals surface area contributed by atoms with Crippen molar-refractivity contribution in [1.82, 2.24) is 10.2 Å². The van der Waals surface area contributed by atoms with Gasteiger partial charge in [0, 0.05) is 24.7 Å². The van der Waals surface area contributed by atoms with Crippen molar-refractivity contribution in [2.45, 2.75) is 25.6 Å². The van der Waals surface area contributed by atoms with Crippen molar-refractivity contribution in [3.63, 3.8) is 0 Å². The van der Waals surface area contributed by atoms with E-state index < -0.39 is 11.9 Å². The number of benzene rings is 2. The molecule has 0 radical (unpaired) electrons. The fourth-order valence-electron chi connectivity index (χ4n) is 3.69. The molecule has 1 aliphatic rings. The molecule has 8 nitrogen and oxygen atoms in total. The molecule has 3 N–H and O–H groups in total. The molecule has 3 rings (SSSR count). The summed E-state index contributed by atoms with van der Waals surface area (Å²) in [7, 11) is 4.64. The predicted octanol–water partition coefficient (Wildman–Crippen LogP) is 1.24. The van der Waals surface area contributed by atoms with Gasteiger partial charge in [-0.15, -0.1) is 0 Å². The molecule has 0 bridgehead atoms. The maximum absolute atomic E-state index is 12.6. The molecule has 0 saturated carbocycles. The summed E-state index contributed by atoms with van der Waals surface area (Å²) in [5.41, 5.74) is 8.54. The number of hydrogen-bond donors (Lipinski definition) is 2. The number of nitrogens with one attached hydrogen (secondary N) is 1. The highest BCUT2D eigenvalue weighted by Crippen LogP contribution is 2.34. The van der Waals surface area contributed by atoms with Crippen LogP contribution < -0.4 is 25.3 Å². The SMILES string of the molecule is COc1cc(OC)c(OC)cc1CNC(=O)CN1Cc2ccccc2C[C@H]1C(N)=O. The number of carbonyl (C=O) groups is 2.